The summed E-state index contributed by atoms with van der Waals surface area (Å²) in [6, 6.07) is -1.81. The third-order valence-electron chi connectivity index (χ3n) is 10.7. The van der Waals surface area contributed by atoms with Crippen LogP contribution in [-0.2, 0) is 40.0 Å². The predicted molar refractivity (Wildman–Crippen MR) is 208 cm³/mol. The zero-order chi connectivity index (χ0) is 45.5. The van der Waals surface area contributed by atoms with E-state index in [0.717, 1.165) is 4.90 Å². The van der Waals surface area contributed by atoms with E-state index in [4.69, 9.17) is 11.6 Å². The summed E-state index contributed by atoms with van der Waals surface area (Å²) in [6.07, 6.45) is -6.56. The Kier molecular flexibility index (Phi) is 16.9. The number of alkyl halides is 5. The van der Waals surface area contributed by atoms with Gasteiger partial charge in [0.1, 0.15) is 36.3 Å². The predicted octanol–water partition coefficient (Wildman–Crippen LogP) is 2.32. The Bertz CT molecular complexity index is 1770. The van der Waals surface area contributed by atoms with Gasteiger partial charge in [0.2, 0.25) is 41.0 Å². The number of likely N-dealkylation sites (N-methyl/N-ethyl adjacent to an activating group) is 2. The van der Waals surface area contributed by atoms with Gasteiger partial charge in [0.05, 0.1) is 6.54 Å². The molecule has 0 saturated carbocycles. The van der Waals surface area contributed by atoms with Crippen LogP contribution in [0.5, 0.6) is 0 Å². The lowest BCUT2D eigenvalue weighted by atomic mass is 9.98. The van der Waals surface area contributed by atoms with Crippen molar-refractivity contribution in [3.05, 3.63) is 34.9 Å². The number of aliphatic hydroxyl groups is 1. The molecule has 5 N–H and O–H groups in total. The minimum absolute atomic E-state index is 0.0125. The van der Waals surface area contributed by atoms with Gasteiger partial charge in [-0.3, -0.25) is 33.6 Å². The fraction of sp³-hybridized carbons (Fsp3) is 0.667. The summed E-state index contributed by atoms with van der Waals surface area (Å²) >= 11 is 6.20. The maximum atomic E-state index is 14.5. The van der Waals surface area contributed by atoms with Crippen LogP contribution in [0.3, 0.4) is 0 Å². The van der Waals surface area contributed by atoms with E-state index in [1.807, 2.05) is 0 Å². The second-order valence-electron chi connectivity index (χ2n) is 16.0. The highest BCUT2D eigenvalue weighted by atomic mass is 35.5. The minimum Gasteiger partial charge on any atom is -0.373 e. The highest BCUT2D eigenvalue weighted by Gasteiger charge is 2.61. The standard InChI is InChI=1S/C39H55ClF5N7O8/c1-8-25(48-33(56)29-19-38(41,42)20-52(29)36(59)37(5,60)39(43,44)45)34(57)50(6)27-14-9-10-15-46-30(53)22(4)47-32(55)28(18-23-12-11-13-24(40)17-23)51(7)35(58)26(16-21(2)3)49-31(27)54/h11-13,17,21-22,25-29,60H,8-10,14-16,18-20H2,1-7H3,(H,46,53)(H,47,55)(H,48,56)(H,49,54)/t22-,25+,26+,27+,28+,29+,37-/m1/s1. The van der Waals surface area contributed by atoms with Gasteiger partial charge in [0.15, 0.2) is 0 Å². The molecule has 0 aliphatic carbocycles. The number of hydrogen-bond acceptors (Lipinski definition) is 8. The molecule has 0 bridgehead atoms. The Hall–Kier alpha value is -4.59. The van der Waals surface area contributed by atoms with Crippen LogP contribution in [0.1, 0.15) is 78.7 Å². The number of carbonyl (C=O) groups is 7. The van der Waals surface area contributed by atoms with Gasteiger partial charge >= 0.3 is 6.18 Å². The van der Waals surface area contributed by atoms with E-state index < -0.39 is 108 Å². The average Bonchev–Trinajstić information content (AvgIpc) is 3.49. The molecule has 15 nitrogen and oxygen atoms in total. The van der Waals surface area contributed by atoms with Crippen molar-refractivity contribution in [3.8, 4) is 0 Å². The number of nitrogens with one attached hydrogen (secondary N) is 4. The lowest BCUT2D eigenvalue weighted by molar-refractivity contribution is -0.250. The molecule has 7 atom stereocenters. The highest BCUT2D eigenvalue weighted by Crippen LogP contribution is 2.38. The molecule has 1 aromatic carbocycles. The molecule has 2 fully saturated rings. The van der Waals surface area contributed by atoms with Crippen LogP contribution < -0.4 is 21.3 Å². The molecular formula is C39H55ClF5N7O8. The quantitative estimate of drug-likeness (QED) is 0.221. The Morgan fingerprint density at radius 1 is 1.07 bits per heavy atom. The lowest BCUT2D eigenvalue weighted by Crippen LogP contribution is -2.61. The zero-order valence-electron chi connectivity index (χ0n) is 34.6. The average molecular weight is 880 g/mol. The molecule has 2 aliphatic rings. The Labute approximate surface area is 350 Å². The number of benzene rings is 1. The van der Waals surface area contributed by atoms with Crippen molar-refractivity contribution in [1.82, 2.24) is 36.0 Å². The minimum atomic E-state index is -5.57. The van der Waals surface area contributed by atoms with E-state index in [9.17, 15) is 60.6 Å². The largest absolute Gasteiger partial charge is 0.426 e. The molecule has 7 amide bonds. The van der Waals surface area contributed by atoms with Crippen molar-refractivity contribution < 1.29 is 60.6 Å². The SMILES string of the molecule is CC[C@H](NC(=O)[C@@H]1CC(F)(F)CN1C(=O)[C@@](C)(O)C(F)(F)F)C(=O)N(C)[C@H]1CCCCNC(=O)[C@@H](C)NC(=O)[C@H](Cc2cccc(Cl)c2)N(C)C(=O)[C@H](CC(C)C)NC1=O. The van der Waals surface area contributed by atoms with E-state index in [1.54, 1.807) is 38.1 Å². The van der Waals surface area contributed by atoms with Crippen LogP contribution in [0.15, 0.2) is 24.3 Å². The van der Waals surface area contributed by atoms with Crippen LogP contribution in [-0.4, -0.2) is 142 Å². The van der Waals surface area contributed by atoms with Gasteiger partial charge < -0.3 is 41.1 Å². The van der Waals surface area contributed by atoms with Gasteiger partial charge in [-0.05, 0) is 69.6 Å². The molecule has 2 saturated heterocycles. The number of amides is 7. The van der Waals surface area contributed by atoms with Crippen molar-refractivity contribution in [3.63, 3.8) is 0 Å². The molecule has 1 aromatic rings. The summed E-state index contributed by atoms with van der Waals surface area (Å²) in [6.45, 7) is 5.11. The number of hydrogen-bond donors (Lipinski definition) is 5. The van der Waals surface area contributed by atoms with Crippen LogP contribution in [0.4, 0.5) is 22.0 Å². The van der Waals surface area contributed by atoms with Crippen molar-refractivity contribution in [2.45, 2.75) is 134 Å². The molecule has 0 radical (unpaired) electrons. The molecule has 3 rings (SSSR count). The normalized spacial score (nSPS) is 25.1. The first-order valence-corrected chi connectivity index (χ1v) is 20.0. The van der Waals surface area contributed by atoms with E-state index in [2.05, 4.69) is 21.3 Å². The van der Waals surface area contributed by atoms with Crippen LogP contribution in [0.2, 0.25) is 5.02 Å². The highest BCUT2D eigenvalue weighted by molar-refractivity contribution is 6.30. The van der Waals surface area contributed by atoms with Gasteiger partial charge in [-0.2, -0.15) is 13.2 Å². The lowest BCUT2D eigenvalue weighted by Gasteiger charge is -2.35. The second-order valence-corrected chi connectivity index (χ2v) is 16.5. The zero-order valence-corrected chi connectivity index (χ0v) is 35.4. The molecule has 60 heavy (non-hydrogen) atoms. The third kappa shape index (κ3) is 12.5. The third-order valence-corrected chi connectivity index (χ3v) is 10.9. The topological polar surface area (TPSA) is 198 Å². The van der Waals surface area contributed by atoms with Gasteiger partial charge in [-0.1, -0.05) is 44.5 Å². The van der Waals surface area contributed by atoms with Crippen molar-refractivity contribution in [1.29, 1.82) is 0 Å². The monoisotopic (exact) mass is 879 g/mol. The first-order valence-electron chi connectivity index (χ1n) is 19.7. The molecule has 2 heterocycles. The Morgan fingerprint density at radius 2 is 1.72 bits per heavy atom. The number of likely N-dealkylation sites (tertiary alicyclic amines) is 1. The van der Waals surface area contributed by atoms with E-state index >= 15 is 0 Å². The van der Waals surface area contributed by atoms with Crippen molar-refractivity contribution >= 4 is 53.0 Å². The van der Waals surface area contributed by atoms with Crippen molar-refractivity contribution in [2.24, 2.45) is 5.92 Å². The van der Waals surface area contributed by atoms with Gasteiger partial charge in [-0.15, -0.1) is 0 Å². The number of carbonyl (C=O) groups excluding carboxylic acids is 7. The molecule has 336 valence electrons. The van der Waals surface area contributed by atoms with Crippen LogP contribution >= 0.6 is 11.6 Å². The summed E-state index contributed by atoms with van der Waals surface area (Å²) in [4.78, 5) is 97.5. The summed E-state index contributed by atoms with van der Waals surface area (Å²) in [5, 5.41) is 20.7. The fourth-order valence-corrected chi connectivity index (χ4v) is 7.24. The number of rotatable bonds is 10. The summed E-state index contributed by atoms with van der Waals surface area (Å²) in [7, 11) is 2.62. The second kappa shape index (κ2) is 20.3. The summed E-state index contributed by atoms with van der Waals surface area (Å²) in [5.74, 6) is -11.1. The Balaban J connectivity index is 1.95. The van der Waals surface area contributed by atoms with Crippen LogP contribution in [0.25, 0.3) is 0 Å². The summed E-state index contributed by atoms with van der Waals surface area (Å²) in [5.41, 5.74) is -3.50. The maximum Gasteiger partial charge on any atom is 0.426 e. The fourth-order valence-electron chi connectivity index (χ4n) is 7.03. The Morgan fingerprint density at radius 3 is 2.30 bits per heavy atom. The van der Waals surface area contributed by atoms with E-state index in [0.29, 0.717) is 17.0 Å². The number of halogens is 6. The molecule has 2 aliphatic heterocycles. The molecule has 0 spiro atoms. The van der Waals surface area contributed by atoms with Crippen molar-refractivity contribution in [2.75, 3.05) is 27.2 Å². The smallest absolute Gasteiger partial charge is 0.373 e. The van der Waals surface area contributed by atoms with Gasteiger partial charge in [0.25, 0.3) is 11.8 Å². The van der Waals surface area contributed by atoms with E-state index in [1.165, 1.54) is 32.8 Å². The first-order chi connectivity index (χ1) is 27.7. The molecule has 21 heteroatoms. The van der Waals surface area contributed by atoms with Gasteiger partial charge in [-0.25, -0.2) is 8.78 Å². The molecule has 0 unspecified atom stereocenters. The molecule has 0 aromatic heterocycles. The number of nitrogens with zero attached hydrogens (tertiary/aromatic N) is 3. The summed E-state index contributed by atoms with van der Waals surface area (Å²) < 4.78 is 69.6. The van der Waals surface area contributed by atoms with E-state index in [-0.39, 0.29) is 56.4 Å². The van der Waals surface area contributed by atoms with Crippen LogP contribution in [0, 0.1) is 5.92 Å². The molecular weight excluding hydrogens is 825 g/mol. The first kappa shape index (κ1) is 49.8. The maximum absolute atomic E-state index is 14.5. The van der Waals surface area contributed by atoms with Gasteiger partial charge in [0, 0.05) is 38.5 Å².